The Kier molecular flexibility index (Phi) is 3.35. The number of hydrogen-bond acceptors (Lipinski definition) is 6. The number of aryl methyl sites for hydroxylation is 1. The van der Waals surface area contributed by atoms with Gasteiger partial charge in [0.05, 0.1) is 17.6 Å². The number of fused-ring (bicyclic) bond motifs is 1. The fourth-order valence-electron chi connectivity index (χ4n) is 2.88. The van der Waals surface area contributed by atoms with Crippen LogP contribution in [-0.2, 0) is 0 Å². The normalized spacial score (nSPS) is 11.1. The maximum absolute atomic E-state index is 10.00. The summed E-state index contributed by atoms with van der Waals surface area (Å²) in [5.74, 6) is 0.476. The average Bonchev–Trinajstić information content (AvgIpc) is 3.02. The van der Waals surface area contributed by atoms with Crippen LogP contribution < -0.4 is 5.73 Å². The van der Waals surface area contributed by atoms with Gasteiger partial charge in [0.25, 0.3) is 0 Å². The highest BCUT2D eigenvalue weighted by Gasteiger charge is 2.13. The quantitative estimate of drug-likeness (QED) is 0.520. The molecule has 0 saturated carbocycles. The Morgan fingerprint density at radius 2 is 1.80 bits per heavy atom. The second-order valence-electron chi connectivity index (χ2n) is 5.90. The summed E-state index contributed by atoms with van der Waals surface area (Å²) in [5, 5.41) is 10.00. The molecule has 0 unspecified atom stereocenters. The molecule has 25 heavy (non-hydrogen) atoms. The van der Waals surface area contributed by atoms with Crippen molar-refractivity contribution < 1.29 is 5.11 Å². The van der Waals surface area contributed by atoms with Crippen molar-refractivity contribution >= 4 is 17.1 Å². The number of benzene rings is 1. The highest BCUT2D eigenvalue weighted by Crippen LogP contribution is 2.32. The van der Waals surface area contributed by atoms with Gasteiger partial charge in [0.15, 0.2) is 5.65 Å². The molecule has 1 aromatic carbocycles. The van der Waals surface area contributed by atoms with Crippen LogP contribution in [0.25, 0.3) is 33.7 Å². The van der Waals surface area contributed by atoms with Crippen molar-refractivity contribution in [2.75, 3.05) is 5.73 Å². The Morgan fingerprint density at radius 3 is 2.56 bits per heavy atom. The first-order valence-corrected chi connectivity index (χ1v) is 7.76. The van der Waals surface area contributed by atoms with Gasteiger partial charge in [-0.05, 0) is 31.5 Å². The lowest BCUT2D eigenvalue weighted by atomic mass is 9.99. The molecule has 4 rings (SSSR count). The van der Waals surface area contributed by atoms with Gasteiger partial charge >= 0.3 is 0 Å². The Morgan fingerprint density at radius 1 is 1.04 bits per heavy atom. The first kappa shape index (κ1) is 15.1. The van der Waals surface area contributed by atoms with Crippen LogP contribution in [0, 0.1) is 13.8 Å². The number of phenolic OH excluding ortho intramolecular Hbond substituents is 1. The lowest BCUT2D eigenvalue weighted by Gasteiger charge is -2.10. The molecule has 0 spiro atoms. The number of H-pyrrole nitrogens is 1. The molecule has 0 aliphatic heterocycles. The number of aromatic nitrogens is 5. The van der Waals surface area contributed by atoms with Crippen molar-refractivity contribution in [2.45, 2.75) is 13.8 Å². The van der Waals surface area contributed by atoms with Crippen molar-refractivity contribution in [3.63, 3.8) is 0 Å². The number of aromatic amines is 1. The molecule has 3 heterocycles. The SMILES string of the molecule is Cc1ccc(O)c(C)c1-c1cnc2[nH]c(-c3cnc(N)nc3)cc2n1. The molecular formula is C18H16N6O. The number of anilines is 1. The predicted molar refractivity (Wildman–Crippen MR) is 95.9 cm³/mol. The number of nitrogens with one attached hydrogen (secondary N) is 1. The van der Waals surface area contributed by atoms with Crippen LogP contribution in [-0.4, -0.2) is 30.0 Å². The summed E-state index contributed by atoms with van der Waals surface area (Å²) in [5.41, 5.74) is 12.0. The lowest BCUT2D eigenvalue weighted by molar-refractivity contribution is 0.471. The third-order valence-electron chi connectivity index (χ3n) is 4.22. The standard InChI is InChI=1S/C18H16N6O/c1-9-3-4-15(25)10(2)16(9)14-8-20-17-13(23-14)5-12(24-17)11-6-21-18(19)22-7-11/h3-8,25H,1-2H3,(H,20,24)(H2,19,21,22). The van der Waals surface area contributed by atoms with E-state index in [2.05, 4.69) is 19.9 Å². The van der Waals surface area contributed by atoms with Crippen LogP contribution in [0.15, 0.2) is 36.8 Å². The van der Waals surface area contributed by atoms with E-state index in [1.807, 2.05) is 26.0 Å². The van der Waals surface area contributed by atoms with E-state index in [1.165, 1.54) is 0 Å². The Bertz CT molecular complexity index is 1080. The van der Waals surface area contributed by atoms with Gasteiger partial charge in [0, 0.05) is 29.1 Å². The van der Waals surface area contributed by atoms with Crippen molar-refractivity contribution in [1.82, 2.24) is 24.9 Å². The first-order chi connectivity index (χ1) is 12.0. The van der Waals surface area contributed by atoms with Gasteiger partial charge in [0.1, 0.15) is 11.3 Å². The summed E-state index contributed by atoms with van der Waals surface area (Å²) in [6, 6.07) is 5.46. The first-order valence-electron chi connectivity index (χ1n) is 7.76. The van der Waals surface area contributed by atoms with Crippen LogP contribution in [0.5, 0.6) is 5.75 Å². The van der Waals surface area contributed by atoms with E-state index in [1.54, 1.807) is 24.7 Å². The number of hydrogen-bond donors (Lipinski definition) is 3. The Hall–Kier alpha value is -3.48. The van der Waals surface area contributed by atoms with Crippen LogP contribution in [0.3, 0.4) is 0 Å². The molecule has 7 heteroatoms. The molecule has 0 bridgehead atoms. The van der Waals surface area contributed by atoms with Gasteiger partial charge in [-0.2, -0.15) is 0 Å². The molecule has 0 fully saturated rings. The molecule has 3 aromatic heterocycles. The molecule has 4 aromatic rings. The average molecular weight is 332 g/mol. The van der Waals surface area contributed by atoms with Gasteiger partial charge in [0.2, 0.25) is 5.95 Å². The highest BCUT2D eigenvalue weighted by atomic mass is 16.3. The second-order valence-corrected chi connectivity index (χ2v) is 5.90. The molecular weight excluding hydrogens is 316 g/mol. The number of nitrogen functional groups attached to an aromatic ring is 1. The van der Waals surface area contributed by atoms with Crippen molar-refractivity contribution in [3.8, 4) is 28.3 Å². The van der Waals surface area contributed by atoms with Crippen LogP contribution in [0.1, 0.15) is 11.1 Å². The van der Waals surface area contributed by atoms with Gasteiger partial charge < -0.3 is 15.8 Å². The number of rotatable bonds is 2. The third kappa shape index (κ3) is 2.55. The minimum atomic E-state index is 0.230. The fourth-order valence-corrected chi connectivity index (χ4v) is 2.88. The molecule has 0 aliphatic rings. The van der Waals surface area contributed by atoms with Gasteiger partial charge in [-0.25, -0.2) is 19.9 Å². The van der Waals surface area contributed by atoms with Gasteiger partial charge in [-0.1, -0.05) is 6.07 Å². The van der Waals surface area contributed by atoms with Gasteiger partial charge in [-0.15, -0.1) is 0 Å². The maximum atomic E-state index is 10.00. The highest BCUT2D eigenvalue weighted by molar-refractivity contribution is 5.82. The zero-order valence-corrected chi connectivity index (χ0v) is 13.8. The van der Waals surface area contributed by atoms with E-state index < -0.39 is 0 Å². The summed E-state index contributed by atoms with van der Waals surface area (Å²) < 4.78 is 0. The number of phenols is 1. The summed E-state index contributed by atoms with van der Waals surface area (Å²) in [6.45, 7) is 3.86. The van der Waals surface area contributed by atoms with Crippen LogP contribution in [0.2, 0.25) is 0 Å². The van der Waals surface area contributed by atoms with Gasteiger partial charge in [-0.3, -0.25) is 0 Å². The smallest absolute Gasteiger partial charge is 0.219 e. The molecule has 0 amide bonds. The zero-order valence-electron chi connectivity index (χ0n) is 13.8. The van der Waals surface area contributed by atoms with Crippen molar-refractivity contribution in [2.24, 2.45) is 0 Å². The zero-order chi connectivity index (χ0) is 17.6. The molecule has 4 N–H and O–H groups in total. The minimum Gasteiger partial charge on any atom is -0.508 e. The van der Waals surface area contributed by atoms with E-state index >= 15 is 0 Å². The fraction of sp³-hybridized carbons (Fsp3) is 0.111. The largest absolute Gasteiger partial charge is 0.508 e. The number of nitrogens with zero attached hydrogens (tertiary/aromatic N) is 4. The molecule has 0 saturated heterocycles. The summed E-state index contributed by atoms with van der Waals surface area (Å²) >= 11 is 0. The topological polar surface area (TPSA) is 114 Å². The Balaban J connectivity index is 1.84. The molecule has 0 aliphatic carbocycles. The van der Waals surface area contributed by atoms with Crippen LogP contribution >= 0.6 is 0 Å². The number of nitrogens with two attached hydrogens (primary N) is 1. The predicted octanol–water partition coefficient (Wildman–Crippen LogP) is 2.99. The molecule has 0 atom stereocenters. The maximum Gasteiger partial charge on any atom is 0.219 e. The monoisotopic (exact) mass is 332 g/mol. The minimum absolute atomic E-state index is 0.230. The van der Waals surface area contributed by atoms with Crippen molar-refractivity contribution in [1.29, 1.82) is 0 Å². The van der Waals surface area contributed by atoms with E-state index in [0.29, 0.717) is 5.65 Å². The van der Waals surface area contributed by atoms with E-state index in [-0.39, 0.29) is 11.7 Å². The van der Waals surface area contributed by atoms with E-state index in [4.69, 9.17) is 10.7 Å². The van der Waals surface area contributed by atoms with E-state index in [9.17, 15) is 5.11 Å². The lowest BCUT2D eigenvalue weighted by Crippen LogP contribution is -1.93. The third-order valence-corrected chi connectivity index (χ3v) is 4.22. The summed E-state index contributed by atoms with van der Waals surface area (Å²) in [6.07, 6.45) is 5.01. The van der Waals surface area contributed by atoms with Crippen LogP contribution in [0.4, 0.5) is 5.95 Å². The molecule has 124 valence electrons. The molecule has 7 nitrogen and oxygen atoms in total. The number of aromatic hydroxyl groups is 1. The summed E-state index contributed by atoms with van der Waals surface area (Å²) in [7, 11) is 0. The second kappa shape index (κ2) is 5.55. The summed E-state index contributed by atoms with van der Waals surface area (Å²) in [4.78, 5) is 20.4. The molecule has 0 radical (unpaired) electrons. The van der Waals surface area contributed by atoms with E-state index in [0.717, 1.165) is 39.2 Å². The van der Waals surface area contributed by atoms with Crippen molar-refractivity contribution in [3.05, 3.63) is 47.9 Å². The Labute approximate surface area is 143 Å².